The van der Waals surface area contributed by atoms with Gasteiger partial charge in [-0.15, -0.1) is 0 Å². The Labute approximate surface area is 119 Å². The van der Waals surface area contributed by atoms with Crippen molar-refractivity contribution in [3.63, 3.8) is 0 Å². The molecule has 0 aromatic heterocycles. The van der Waals surface area contributed by atoms with E-state index in [1.54, 1.807) is 24.3 Å². The van der Waals surface area contributed by atoms with Crippen LogP contribution >= 0.6 is 0 Å². The Morgan fingerprint density at radius 2 is 1.85 bits per heavy atom. The van der Waals surface area contributed by atoms with Crippen molar-refractivity contribution in [3.8, 4) is 0 Å². The Bertz CT molecular complexity index is 594. The van der Waals surface area contributed by atoms with Gasteiger partial charge in [-0.1, -0.05) is 24.6 Å². The van der Waals surface area contributed by atoms with Crippen LogP contribution in [0, 0.1) is 18.8 Å². The summed E-state index contributed by atoms with van der Waals surface area (Å²) in [5, 5.41) is 0. The third-order valence-corrected chi connectivity index (χ3v) is 5.59. The standard InChI is InChI=1S/C14H19NO4S/c1-10-4-6-12(7-5-10)20(17,18)15-8-11(2)13(9-15)14(16)19-3/h4-7,11,13H,8-9H2,1-3H3/t11-,13-/m0/s1. The Morgan fingerprint density at radius 1 is 1.25 bits per heavy atom. The topological polar surface area (TPSA) is 63.7 Å². The second-order valence-corrected chi connectivity index (χ2v) is 7.18. The molecule has 0 aliphatic carbocycles. The number of carbonyl (C=O) groups is 1. The van der Waals surface area contributed by atoms with Crippen molar-refractivity contribution in [2.45, 2.75) is 18.7 Å². The number of hydrogen-bond acceptors (Lipinski definition) is 4. The van der Waals surface area contributed by atoms with Gasteiger partial charge in [-0.3, -0.25) is 4.79 Å². The molecule has 1 fully saturated rings. The lowest BCUT2D eigenvalue weighted by Gasteiger charge is -2.16. The lowest BCUT2D eigenvalue weighted by molar-refractivity contribution is -0.145. The highest BCUT2D eigenvalue weighted by Crippen LogP contribution is 2.29. The van der Waals surface area contributed by atoms with Gasteiger partial charge in [-0.25, -0.2) is 8.42 Å². The van der Waals surface area contributed by atoms with Crippen molar-refractivity contribution in [1.82, 2.24) is 4.31 Å². The quantitative estimate of drug-likeness (QED) is 0.792. The maximum Gasteiger partial charge on any atom is 0.310 e. The molecule has 0 bridgehead atoms. The number of hydrogen-bond donors (Lipinski definition) is 0. The summed E-state index contributed by atoms with van der Waals surface area (Å²) in [7, 11) is -2.21. The van der Waals surface area contributed by atoms with E-state index in [1.165, 1.54) is 11.4 Å². The van der Waals surface area contributed by atoms with Crippen molar-refractivity contribution in [1.29, 1.82) is 0 Å². The first kappa shape index (κ1) is 15.0. The molecule has 1 heterocycles. The molecule has 0 spiro atoms. The number of sulfonamides is 1. The lowest BCUT2D eigenvalue weighted by atomic mass is 9.99. The van der Waals surface area contributed by atoms with Crippen LogP contribution in [0.3, 0.4) is 0 Å². The molecule has 1 aromatic carbocycles. The second-order valence-electron chi connectivity index (χ2n) is 5.24. The average molecular weight is 297 g/mol. The average Bonchev–Trinajstić information content (AvgIpc) is 2.81. The molecule has 0 saturated carbocycles. The predicted octanol–water partition coefficient (Wildman–Crippen LogP) is 1.42. The summed E-state index contributed by atoms with van der Waals surface area (Å²) in [6, 6.07) is 6.73. The summed E-state index contributed by atoms with van der Waals surface area (Å²) < 4.78 is 31.1. The van der Waals surface area contributed by atoms with Crippen LogP contribution in [0.1, 0.15) is 12.5 Å². The van der Waals surface area contributed by atoms with Crippen molar-refractivity contribution in [3.05, 3.63) is 29.8 Å². The number of carbonyl (C=O) groups excluding carboxylic acids is 1. The van der Waals surface area contributed by atoms with E-state index in [0.717, 1.165) is 5.56 Å². The van der Waals surface area contributed by atoms with Crippen LogP contribution in [0.2, 0.25) is 0 Å². The predicted molar refractivity (Wildman–Crippen MR) is 74.6 cm³/mol. The first-order chi connectivity index (χ1) is 9.36. The van der Waals surface area contributed by atoms with Gasteiger partial charge in [-0.05, 0) is 25.0 Å². The molecule has 1 aliphatic heterocycles. The fourth-order valence-electron chi connectivity index (χ4n) is 2.44. The Balaban J connectivity index is 2.24. The van der Waals surface area contributed by atoms with Crippen LogP contribution in [0.5, 0.6) is 0 Å². The maximum absolute atomic E-state index is 12.5. The highest BCUT2D eigenvalue weighted by atomic mass is 32.2. The zero-order valence-electron chi connectivity index (χ0n) is 11.9. The summed E-state index contributed by atoms with van der Waals surface area (Å²) >= 11 is 0. The normalized spacial score (nSPS) is 23.8. The van der Waals surface area contributed by atoms with E-state index >= 15 is 0 Å². The number of methoxy groups -OCH3 is 1. The molecule has 0 N–H and O–H groups in total. The van der Waals surface area contributed by atoms with Crippen LogP contribution < -0.4 is 0 Å². The second kappa shape index (κ2) is 5.54. The fraction of sp³-hybridized carbons (Fsp3) is 0.500. The Morgan fingerprint density at radius 3 is 2.40 bits per heavy atom. The van der Waals surface area contributed by atoms with Gasteiger partial charge < -0.3 is 4.74 Å². The molecule has 0 radical (unpaired) electrons. The van der Waals surface area contributed by atoms with Gasteiger partial charge in [0, 0.05) is 13.1 Å². The van der Waals surface area contributed by atoms with Gasteiger partial charge in [0.15, 0.2) is 0 Å². The zero-order valence-corrected chi connectivity index (χ0v) is 12.7. The third kappa shape index (κ3) is 2.71. The summed E-state index contributed by atoms with van der Waals surface area (Å²) in [5.41, 5.74) is 1.01. The molecule has 5 nitrogen and oxygen atoms in total. The first-order valence-corrected chi connectivity index (χ1v) is 7.95. The van der Waals surface area contributed by atoms with E-state index in [1.807, 2.05) is 13.8 Å². The molecule has 0 unspecified atom stereocenters. The zero-order chi connectivity index (χ0) is 14.9. The summed E-state index contributed by atoms with van der Waals surface area (Å²) in [6.45, 7) is 4.30. The number of aryl methyl sites for hydroxylation is 1. The van der Waals surface area contributed by atoms with Crippen LogP contribution in [0.15, 0.2) is 29.2 Å². The molecule has 2 rings (SSSR count). The summed E-state index contributed by atoms with van der Waals surface area (Å²) in [4.78, 5) is 11.9. The lowest BCUT2D eigenvalue weighted by Crippen LogP contribution is -2.30. The van der Waals surface area contributed by atoms with Crippen molar-refractivity contribution < 1.29 is 17.9 Å². The Hall–Kier alpha value is -1.40. The van der Waals surface area contributed by atoms with Gasteiger partial charge in [0.25, 0.3) is 0 Å². The molecular formula is C14H19NO4S. The highest BCUT2D eigenvalue weighted by Gasteiger charge is 2.41. The van der Waals surface area contributed by atoms with E-state index in [4.69, 9.17) is 4.74 Å². The Kier molecular flexibility index (Phi) is 4.15. The van der Waals surface area contributed by atoms with Gasteiger partial charge >= 0.3 is 5.97 Å². The molecule has 2 atom stereocenters. The van der Waals surface area contributed by atoms with Gasteiger partial charge in [0.1, 0.15) is 0 Å². The summed E-state index contributed by atoms with van der Waals surface area (Å²) in [6.07, 6.45) is 0. The number of nitrogens with zero attached hydrogens (tertiary/aromatic N) is 1. The number of esters is 1. The first-order valence-electron chi connectivity index (χ1n) is 6.51. The van der Waals surface area contributed by atoms with Crippen LogP contribution in [-0.4, -0.2) is 38.9 Å². The van der Waals surface area contributed by atoms with Gasteiger partial charge in [-0.2, -0.15) is 4.31 Å². The molecule has 0 amide bonds. The SMILES string of the molecule is COC(=O)[C@H]1CN(S(=O)(=O)c2ccc(C)cc2)C[C@@H]1C. The van der Waals surface area contributed by atoms with E-state index in [-0.39, 0.29) is 29.2 Å². The van der Waals surface area contributed by atoms with Crippen LogP contribution in [0.4, 0.5) is 0 Å². The van der Waals surface area contributed by atoms with E-state index < -0.39 is 10.0 Å². The number of rotatable bonds is 3. The molecule has 1 aliphatic rings. The summed E-state index contributed by atoms with van der Waals surface area (Å²) in [5.74, 6) is -0.776. The highest BCUT2D eigenvalue weighted by molar-refractivity contribution is 7.89. The molecule has 110 valence electrons. The number of benzene rings is 1. The number of ether oxygens (including phenoxy) is 1. The van der Waals surface area contributed by atoms with Crippen molar-refractivity contribution in [2.75, 3.05) is 20.2 Å². The minimum absolute atomic E-state index is 0.0392. The van der Waals surface area contributed by atoms with E-state index in [2.05, 4.69) is 0 Å². The van der Waals surface area contributed by atoms with Gasteiger partial charge in [0.05, 0.1) is 17.9 Å². The largest absolute Gasteiger partial charge is 0.469 e. The monoisotopic (exact) mass is 297 g/mol. The molecule has 20 heavy (non-hydrogen) atoms. The smallest absolute Gasteiger partial charge is 0.310 e. The maximum atomic E-state index is 12.5. The van der Waals surface area contributed by atoms with E-state index in [0.29, 0.717) is 6.54 Å². The van der Waals surface area contributed by atoms with Crippen molar-refractivity contribution >= 4 is 16.0 Å². The third-order valence-electron chi connectivity index (χ3n) is 3.74. The fourth-order valence-corrected chi connectivity index (χ4v) is 4.00. The van der Waals surface area contributed by atoms with Crippen LogP contribution in [-0.2, 0) is 19.6 Å². The van der Waals surface area contributed by atoms with Crippen LogP contribution in [0.25, 0.3) is 0 Å². The molecular weight excluding hydrogens is 278 g/mol. The molecule has 6 heteroatoms. The van der Waals surface area contributed by atoms with Gasteiger partial charge in [0.2, 0.25) is 10.0 Å². The van der Waals surface area contributed by atoms with Crippen molar-refractivity contribution in [2.24, 2.45) is 11.8 Å². The van der Waals surface area contributed by atoms with E-state index in [9.17, 15) is 13.2 Å². The minimum atomic E-state index is -3.54. The molecule has 1 saturated heterocycles. The molecule has 1 aromatic rings. The minimum Gasteiger partial charge on any atom is -0.469 e.